The quantitative estimate of drug-likeness (QED) is 0.211. The minimum absolute atomic E-state index is 0.0880. The Bertz CT molecular complexity index is 928. The number of carbonyl (C=O) groups is 3. The normalized spacial score (nSPS) is 30.7. The van der Waals surface area contributed by atoms with Gasteiger partial charge in [0.1, 0.15) is 12.2 Å². The van der Waals surface area contributed by atoms with E-state index in [0.717, 1.165) is 19.3 Å². The van der Waals surface area contributed by atoms with E-state index in [4.69, 9.17) is 9.47 Å². The number of allylic oxidation sites excluding steroid dienone is 3. The van der Waals surface area contributed by atoms with Crippen molar-refractivity contribution in [1.29, 1.82) is 0 Å². The molecule has 0 amide bonds. The smallest absolute Gasteiger partial charge is 0.342 e. The molecule has 210 valence electrons. The second-order valence-corrected chi connectivity index (χ2v) is 12.7. The fourth-order valence-electron chi connectivity index (χ4n) is 6.68. The van der Waals surface area contributed by atoms with Crippen molar-refractivity contribution >= 4 is 17.9 Å². The summed E-state index contributed by atoms with van der Waals surface area (Å²) in [5.74, 6) is -1.41. The van der Waals surface area contributed by atoms with Gasteiger partial charge in [-0.05, 0) is 95.3 Å². The number of aliphatic carboxylic acids is 1. The molecule has 7 nitrogen and oxygen atoms in total. The molecule has 1 saturated carbocycles. The van der Waals surface area contributed by atoms with Crippen LogP contribution < -0.4 is 0 Å². The number of fused-ring (bicyclic) bond motifs is 1. The molecule has 0 aromatic carbocycles. The van der Waals surface area contributed by atoms with Crippen LogP contribution in [0.3, 0.4) is 0 Å². The van der Waals surface area contributed by atoms with Gasteiger partial charge >= 0.3 is 17.9 Å². The van der Waals surface area contributed by atoms with Gasteiger partial charge in [0, 0.05) is 12.0 Å². The molecule has 2 N–H and O–H groups in total. The first kappa shape index (κ1) is 31.1. The Balaban J connectivity index is 2.22. The topological polar surface area (TPSA) is 110 Å². The van der Waals surface area contributed by atoms with Crippen LogP contribution in [0.2, 0.25) is 0 Å². The third-order valence-corrected chi connectivity index (χ3v) is 9.17. The summed E-state index contributed by atoms with van der Waals surface area (Å²) in [7, 11) is 0. The third kappa shape index (κ3) is 7.04. The van der Waals surface area contributed by atoms with E-state index in [0.29, 0.717) is 24.3 Å². The monoisotopic (exact) mass is 520 g/mol. The average molecular weight is 521 g/mol. The van der Waals surface area contributed by atoms with Gasteiger partial charge in [-0.1, -0.05) is 45.4 Å². The van der Waals surface area contributed by atoms with Crippen molar-refractivity contribution in [2.24, 2.45) is 28.6 Å². The summed E-state index contributed by atoms with van der Waals surface area (Å²) >= 11 is 0. The highest BCUT2D eigenvalue weighted by molar-refractivity contribution is 5.88. The standard InChI is InChI=1S/C30H48O7/c1-10-19(3)26(33)36-21(5)30(9,35)27(34)37-22-16-28(6,7)24-14-12-20(4)23(29(24,8)17-22)13-11-18(2)15-25(31)32/h10,12,18,21-24,35H,11,13-17H2,1-9H3,(H,31,32)/b19-10-/t18-,21-,22+,23-,24-,29-,30+/m1/s1. The molecule has 0 aromatic rings. The first-order valence-corrected chi connectivity index (χ1v) is 13.6. The Labute approximate surface area is 222 Å². The van der Waals surface area contributed by atoms with Crippen molar-refractivity contribution in [2.75, 3.05) is 0 Å². The van der Waals surface area contributed by atoms with Crippen LogP contribution in [0.5, 0.6) is 0 Å². The van der Waals surface area contributed by atoms with Crippen molar-refractivity contribution in [3.63, 3.8) is 0 Å². The van der Waals surface area contributed by atoms with E-state index in [1.165, 1.54) is 19.4 Å². The number of esters is 2. The van der Waals surface area contributed by atoms with Crippen LogP contribution in [0.15, 0.2) is 23.3 Å². The maximum Gasteiger partial charge on any atom is 0.342 e. The minimum Gasteiger partial charge on any atom is -0.481 e. The van der Waals surface area contributed by atoms with Crippen molar-refractivity contribution in [1.82, 2.24) is 0 Å². The first-order valence-electron chi connectivity index (χ1n) is 13.6. The number of hydrogen-bond donors (Lipinski definition) is 2. The first-order chi connectivity index (χ1) is 17.0. The van der Waals surface area contributed by atoms with Gasteiger partial charge < -0.3 is 19.7 Å². The molecular weight excluding hydrogens is 472 g/mol. The highest BCUT2D eigenvalue weighted by Crippen LogP contribution is 2.61. The van der Waals surface area contributed by atoms with Gasteiger partial charge in [-0.3, -0.25) is 4.79 Å². The lowest BCUT2D eigenvalue weighted by Gasteiger charge is -2.58. The van der Waals surface area contributed by atoms with Gasteiger partial charge in [-0.2, -0.15) is 0 Å². The molecule has 7 atom stereocenters. The summed E-state index contributed by atoms with van der Waals surface area (Å²) in [6.45, 7) is 17.0. The number of hydrogen-bond acceptors (Lipinski definition) is 6. The van der Waals surface area contributed by atoms with Crippen LogP contribution in [-0.2, 0) is 23.9 Å². The van der Waals surface area contributed by atoms with Crippen molar-refractivity contribution in [3.8, 4) is 0 Å². The SMILES string of the molecule is C/C=C(/C)C(=O)O[C@H](C)[C@](C)(O)C(=O)O[C@H]1CC(C)(C)[C@H]2CC=C(C)[C@@H](CC[C@@H](C)CC(=O)O)[C@@]2(C)C1. The molecule has 2 rings (SSSR count). The third-order valence-electron chi connectivity index (χ3n) is 9.17. The van der Waals surface area contributed by atoms with E-state index in [1.807, 2.05) is 6.92 Å². The molecule has 0 aromatic heterocycles. The highest BCUT2D eigenvalue weighted by Gasteiger charge is 2.55. The van der Waals surface area contributed by atoms with Gasteiger partial charge in [0.25, 0.3) is 0 Å². The zero-order valence-corrected chi connectivity index (χ0v) is 24.2. The van der Waals surface area contributed by atoms with Gasteiger partial charge in [0.15, 0.2) is 5.60 Å². The van der Waals surface area contributed by atoms with Gasteiger partial charge in [-0.15, -0.1) is 0 Å². The van der Waals surface area contributed by atoms with Crippen LogP contribution in [0.1, 0.15) is 101 Å². The maximum absolute atomic E-state index is 13.2. The van der Waals surface area contributed by atoms with Gasteiger partial charge in [-0.25, -0.2) is 9.59 Å². The van der Waals surface area contributed by atoms with Crippen LogP contribution >= 0.6 is 0 Å². The van der Waals surface area contributed by atoms with E-state index in [1.54, 1.807) is 19.9 Å². The second-order valence-electron chi connectivity index (χ2n) is 12.7. The van der Waals surface area contributed by atoms with Crippen molar-refractivity contribution < 1.29 is 34.1 Å². The summed E-state index contributed by atoms with van der Waals surface area (Å²) in [6, 6.07) is 0. The molecule has 37 heavy (non-hydrogen) atoms. The molecule has 0 aliphatic heterocycles. The Morgan fingerprint density at radius 1 is 1.22 bits per heavy atom. The highest BCUT2D eigenvalue weighted by atomic mass is 16.6. The number of ether oxygens (including phenoxy) is 2. The molecule has 7 heteroatoms. The lowest BCUT2D eigenvalue weighted by molar-refractivity contribution is -0.195. The molecule has 0 radical (unpaired) electrons. The van der Waals surface area contributed by atoms with Crippen molar-refractivity contribution in [3.05, 3.63) is 23.3 Å². The molecule has 0 spiro atoms. The van der Waals surface area contributed by atoms with Crippen LogP contribution in [0, 0.1) is 28.6 Å². The zero-order chi connectivity index (χ0) is 28.3. The van der Waals surface area contributed by atoms with E-state index < -0.39 is 29.6 Å². The molecule has 0 heterocycles. The van der Waals surface area contributed by atoms with Crippen LogP contribution in [0.25, 0.3) is 0 Å². The summed E-state index contributed by atoms with van der Waals surface area (Å²) in [5.41, 5.74) is -0.516. The summed E-state index contributed by atoms with van der Waals surface area (Å²) < 4.78 is 11.3. The van der Waals surface area contributed by atoms with E-state index in [-0.39, 0.29) is 35.2 Å². The molecule has 1 fully saturated rings. The largest absolute Gasteiger partial charge is 0.481 e. The predicted molar refractivity (Wildman–Crippen MR) is 143 cm³/mol. The summed E-state index contributed by atoms with van der Waals surface area (Å²) in [5, 5.41) is 20.2. The summed E-state index contributed by atoms with van der Waals surface area (Å²) in [4.78, 5) is 36.5. The van der Waals surface area contributed by atoms with E-state index in [9.17, 15) is 24.6 Å². The van der Waals surface area contributed by atoms with Crippen LogP contribution in [-0.4, -0.2) is 45.9 Å². The number of carboxylic acid groups (broad SMARTS) is 1. The van der Waals surface area contributed by atoms with Gasteiger partial charge in [0.2, 0.25) is 0 Å². The molecule has 2 aliphatic rings. The summed E-state index contributed by atoms with van der Waals surface area (Å²) in [6.07, 6.45) is 6.65. The van der Waals surface area contributed by atoms with E-state index in [2.05, 4.69) is 33.8 Å². The lowest BCUT2D eigenvalue weighted by Crippen LogP contribution is -2.55. The van der Waals surface area contributed by atoms with Gasteiger partial charge in [0.05, 0.1) is 0 Å². The van der Waals surface area contributed by atoms with Crippen molar-refractivity contribution in [2.45, 2.75) is 119 Å². The Morgan fingerprint density at radius 2 is 1.84 bits per heavy atom. The minimum atomic E-state index is -1.99. The fourth-order valence-corrected chi connectivity index (χ4v) is 6.68. The zero-order valence-electron chi connectivity index (χ0n) is 24.2. The number of carboxylic acids is 1. The molecule has 2 aliphatic carbocycles. The number of carbonyl (C=O) groups excluding carboxylic acids is 2. The Morgan fingerprint density at radius 3 is 2.41 bits per heavy atom. The van der Waals surface area contributed by atoms with Crippen LogP contribution in [0.4, 0.5) is 0 Å². The number of aliphatic hydroxyl groups is 1. The molecular formula is C30H48O7. The van der Waals surface area contributed by atoms with E-state index >= 15 is 0 Å². The Kier molecular flexibility index (Phi) is 9.83. The average Bonchev–Trinajstić information content (AvgIpc) is 2.76. The maximum atomic E-state index is 13.2. The fraction of sp³-hybridized carbons (Fsp3) is 0.767. The second kappa shape index (κ2) is 11.7. The molecule has 0 bridgehead atoms. The lowest BCUT2D eigenvalue weighted by atomic mass is 9.47. The Hall–Kier alpha value is -2.15. The molecule has 0 saturated heterocycles. The molecule has 0 unspecified atom stereocenters. The predicted octanol–water partition coefficient (Wildman–Crippen LogP) is 5.85. The number of rotatable bonds is 10.